The molecule has 21 heavy (non-hydrogen) atoms. The fourth-order valence-electron chi connectivity index (χ4n) is 1.91. The maximum atomic E-state index is 5.37. The summed E-state index contributed by atoms with van der Waals surface area (Å²) in [4.78, 5) is 12.9. The smallest absolute Gasteiger partial charge is 0.158 e. The molecule has 0 aromatic carbocycles. The van der Waals surface area contributed by atoms with Crippen molar-refractivity contribution in [2.45, 2.75) is 26.5 Å². The summed E-state index contributed by atoms with van der Waals surface area (Å²) in [5.41, 5.74) is 1.15. The molecular weight excluding hydrogens is 266 g/mol. The number of pyridine rings is 1. The Labute approximate surface area is 125 Å². The van der Waals surface area contributed by atoms with Crippen LogP contribution in [-0.4, -0.2) is 28.6 Å². The van der Waals surface area contributed by atoms with Gasteiger partial charge in [-0.2, -0.15) is 0 Å². The van der Waals surface area contributed by atoms with Gasteiger partial charge >= 0.3 is 0 Å². The summed E-state index contributed by atoms with van der Waals surface area (Å²) in [5.74, 6) is 2.20. The van der Waals surface area contributed by atoms with Gasteiger partial charge in [0.25, 0.3) is 0 Å². The van der Waals surface area contributed by atoms with E-state index >= 15 is 0 Å². The minimum atomic E-state index is 0.132. The van der Waals surface area contributed by atoms with Crippen molar-refractivity contribution < 1.29 is 4.74 Å². The number of aromatic nitrogens is 3. The van der Waals surface area contributed by atoms with Crippen LogP contribution in [0.4, 0.5) is 11.6 Å². The van der Waals surface area contributed by atoms with E-state index in [1.54, 1.807) is 12.4 Å². The summed E-state index contributed by atoms with van der Waals surface area (Å²) in [6.45, 7) is 5.08. The second kappa shape index (κ2) is 7.54. The summed E-state index contributed by atoms with van der Waals surface area (Å²) in [7, 11) is 1.84. The lowest BCUT2D eigenvalue weighted by molar-refractivity contribution is 0.128. The predicted molar refractivity (Wildman–Crippen MR) is 83.2 cm³/mol. The van der Waals surface area contributed by atoms with Crippen LogP contribution in [0.25, 0.3) is 0 Å². The van der Waals surface area contributed by atoms with Crippen molar-refractivity contribution in [1.29, 1.82) is 0 Å². The van der Waals surface area contributed by atoms with Gasteiger partial charge in [0.05, 0.1) is 6.04 Å². The van der Waals surface area contributed by atoms with Crippen molar-refractivity contribution in [1.82, 2.24) is 15.0 Å². The van der Waals surface area contributed by atoms with Gasteiger partial charge in [-0.05, 0) is 31.5 Å². The predicted octanol–water partition coefficient (Wildman–Crippen LogP) is 2.62. The van der Waals surface area contributed by atoms with Gasteiger partial charge < -0.3 is 15.4 Å². The highest BCUT2D eigenvalue weighted by molar-refractivity contribution is 5.48. The Morgan fingerprint density at radius 1 is 1.19 bits per heavy atom. The van der Waals surface area contributed by atoms with Crippen LogP contribution < -0.4 is 10.6 Å². The Hall–Kier alpha value is -2.21. The molecule has 0 amide bonds. The molecular formula is C15H21N5O. The first-order chi connectivity index (χ1) is 10.2. The standard InChI is InChI=1S/C15H21N5O/c1-4-21-10-15-19-13(16-3)9-14(20-15)18-11(2)12-5-7-17-8-6-12/h5-9,11H,4,10H2,1-3H3,(H2,16,18,19,20). The van der Waals surface area contributed by atoms with E-state index in [4.69, 9.17) is 4.74 Å². The molecule has 2 heterocycles. The molecule has 1 unspecified atom stereocenters. The number of hydrogen-bond donors (Lipinski definition) is 2. The average molecular weight is 287 g/mol. The van der Waals surface area contributed by atoms with E-state index in [1.165, 1.54) is 0 Å². The van der Waals surface area contributed by atoms with E-state index in [1.807, 2.05) is 32.2 Å². The zero-order valence-electron chi connectivity index (χ0n) is 12.6. The highest BCUT2D eigenvalue weighted by Gasteiger charge is 2.09. The quantitative estimate of drug-likeness (QED) is 0.815. The minimum absolute atomic E-state index is 0.132. The zero-order valence-corrected chi connectivity index (χ0v) is 12.6. The van der Waals surface area contributed by atoms with Crippen molar-refractivity contribution in [2.75, 3.05) is 24.3 Å². The van der Waals surface area contributed by atoms with E-state index in [-0.39, 0.29) is 6.04 Å². The molecule has 0 bridgehead atoms. The second-order valence-corrected chi connectivity index (χ2v) is 4.59. The maximum absolute atomic E-state index is 5.37. The van der Waals surface area contributed by atoms with Crippen LogP contribution in [0.3, 0.4) is 0 Å². The van der Waals surface area contributed by atoms with Crippen molar-refractivity contribution in [3.63, 3.8) is 0 Å². The van der Waals surface area contributed by atoms with Crippen LogP contribution in [0, 0.1) is 0 Å². The van der Waals surface area contributed by atoms with Gasteiger partial charge in [-0.3, -0.25) is 4.98 Å². The number of ether oxygens (including phenoxy) is 1. The van der Waals surface area contributed by atoms with Gasteiger partial charge in [-0.15, -0.1) is 0 Å². The van der Waals surface area contributed by atoms with Crippen LogP contribution in [0.5, 0.6) is 0 Å². The molecule has 2 aromatic rings. The average Bonchev–Trinajstić information content (AvgIpc) is 2.53. The van der Waals surface area contributed by atoms with E-state index < -0.39 is 0 Å². The molecule has 6 heteroatoms. The van der Waals surface area contributed by atoms with E-state index in [0.29, 0.717) is 19.0 Å². The third kappa shape index (κ3) is 4.39. The van der Waals surface area contributed by atoms with Crippen molar-refractivity contribution >= 4 is 11.6 Å². The van der Waals surface area contributed by atoms with Gasteiger partial charge in [0.2, 0.25) is 0 Å². The van der Waals surface area contributed by atoms with Crippen LogP contribution in [0.1, 0.15) is 31.3 Å². The number of nitrogens with one attached hydrogen (secondary N) is 2. The molecule has 0 aliphatic rings. The highest BCUT2D eigenvalue weighted by Crippen LogP contribution is 2.19. The fourth-order valence-corrected chi connectivity index (χ4v) is 1.91. The van der Waals surface area contributed by atoms with Crippen LogP contribution in [-0.2, 0) is 11.3 Å². The number of anilines is 2. The lowest BCUT2D eigenvalue weighted by atomic mass is 10.1. The van der Waals surface area contributed by atoms with Crippen molar-refractivity contribution in [2.24, 2.45) is 0 Å². The third-order valence-electron chi connectivity index (χ3n) is 3.03. The maximum Gasteiger partial charge on any atom is 0.158 e. The Morgan fingerprint density at radius 3 is 2.57 bits per heavy atom. The molecule has 0 spiro atoms. The molecule has 2 rings (SSSR count). The normalized spacial score (nSPS) is 12.0. The third-order valence-corrected chi connectivity index (χ3v) is 3.03. The topological polar surface area (TPSA) is 72.0 Å². The first kappa shape index (κ1) is 15.2. The first-order valence-corrected chi connectivity index (χ1v) is 7.02. The molecule has 0 radical (unpaired) electrons. The summed E-state index contributed by atoms with van der Waals surface area (Å²) in [5, 5.41) is 6.42. The Bertz CT molecular complexity index is 561. The highest BCUT2D eigenvalue weighted by atomic mass is 16.5. The Balaban J connectivity index is 2.14. The molecule has 2 N–H and O–H groups in total. The van der Waals surface area contributed by atoms with Crippen LogP contribution in [0.15, 0.2) is 30.6 Å². The van der Waals surface area contributed by atoms with Crippen molar-refractivity contribution in [3.8, 4) is 0 Å². The van der Waals surface area contributed by atoms with E-state index in [9.17, 15) is 0 Å². The summed E-state index contributed by atoms with van der Waals surface area (Å²) in [6, 6.07) is 5.98. The fraction of sp³-hybridized carbons (Fsp3) is 0.400. The van der Waals surface area contributed by atoms with Gasteiger partial charge in [-0.1, -0.05) is 0 Å². The molecule has 0 fully saturated rings. The van der Waals surface area contributed by atoms with E-state index in [0.717, 1.165) is 17.2 Å². The minimum Gasteiger partial charge on any atom is -0.374 e. The summed E-state index contributed by atoms with van der Waals surface area (Å²) < 4.78 is 5.37. The second-order valence-electron chi connectivity index (χ2n) is 4.59. The van der Waals surface area contributed by atoms with Gasteiger partial charge in [-0.25, -0.2) is 9.97 Å². The van der Waals surface area contributed by atoms with Crippen LogP contribution in [0.2, 0.25) is 0 Å². The SMILES string of the molecule is CCOCc1nc(NC)cc(NC(C)c2ccncc2)n1. The largest absolute Gasteiger partial charge is 0.374 e. The van der Waals surface area contributed by atoms with E-state index in [2.05, 4.69) is 32.5 Å². The number of rotatable bonds is 7. The molecule has 112 valence electrons. The van der Waals surface area contributed by atoms with Gasteiger partial charge in [0.15, 0.2) is 5.82 Å². The molecule has 2 aromatic heterocycles. The van der Waals surface area contributed by atoms with Crippen molar-refractivity contribution in [3.05, 3.63) is 42.0 Å². The number of hydrogen-bond acceptors (Lipinski definition) is 6. The lowest BCUT2D eigenvalue weighted by Crippen LogP contribution is -2.11. The van der Waals surface area contributed by atoms with Crippen LogP contribution >= 0.6 is 0 Å². The Morgan fingerprint density at radius 2 is 1.90 bits per heavy atom. The first-order valence-electron chi connectivity index (χ1n) is 7.02. The monoisotopic (exact) mass is 287 g/mol. The van der Waals surface area contributed by atoms with Gasteiger partial charge in [0, 0.05) is 32.1 Å². The molecule has 0 aliphatic carbocycles. The summed E-state index contributed by atoms with van der Waals surface area (Å²) >= 11 is 0. The molecule has 0 saturated carbocycles. The zero-order chi connectivity index (χ0) is 15.1. The lowest BCUT2D eigenvalue weighted by Gasteiger charge is -2.16. The Kier molecular flexibility index (Phi) is 5.45. The number of nitrogens with zero attached hydrogens (tertiary/aromatic N) is 3. The summed E-state index contributed by atoms with van der Waals surface area (Å²) in [6.07, 6.45) is 3.57. The molecule has 0 saturated heterocycles. The molecule has 1 atom stereocenters. The van der Waals surface area contributed by atoms with Gasteiger partial charge in [0.1, 0.15) is 18.2 Å². The molecule has 6 nitrogen and oxygen atoms in total. The molecule has 0 aliphatic heterocycles.